The molecule has 1 aromatic heterocycles. The largest absolute Gasteiger partial charge is 0.487 e. The number of carbonyl (C=O) groups excluding carboxylic acids is 1. The molecule has 0 radical (unpaired) electrons. The zero-order chi connectivity index (χ0) is 19.8. The van der Waals surface area contributed by atoms with Crippen LogP contribution >= 0.6 is 11.3 Å². The van der Waals surface area contributed by atoms with Crippen molar-refractivity contribution in [3.05, 3.63) is 50.7 Å². The van der Waals surface area contributed by atoms with Crippen molar-refractivity contribution in [2.24, 2.45) is 5.92 Å². The number of fused-ring (bicyclic) bond motifs is 1. The molecule has 0 spiro atoms. The SMILES string of the molecule is Cc1cc2c(s1)CCC(CNC1CCC(Oc3cccc(C)c3C)C1O)C2=O. The Morgan fingerprint density at radius 1 is 1.21 bits per heavy atom. The second-order valence-corrected chi connectivity index (χ2v) is 9.57. The number of benzene rings is 1. The Bertz CT molecular complexity index is 875. The summed E-state index contributed by atoms with van der Waals surface area (Å²) in [6.07, 6.45) is 2.80. The lowest BCUT2D eigenvalue weighted by molar-refractivity contribution is 0.0438. The van der Waals surface area contributed by atoms with Crippen molar-refractivity contribution < 1.29 is 14.6 Å². The van der Waals surface area contributed by atoms with Gasteiger partial charge in [0.1, 0.15) is 18.0 Å². The topological polar surface area (TPSA) is 58.6 Å². The van der Waals surface area contributed by atoms with Gasteiger partial charge in [-0.3, -0.25) is 4.79 Å². The van der Waals surface area contributed by atoms with Gasteiger partial charge in [-0.1, -0.05) is 12.1 Å². The van der Waals surface area contributed by atoms with Gasteiger partial charge in [0.2, 0.25) is 0 Å². The maximum atomic E-state index is 12.8. The second-order valence-electron chi connectivity index (χ2n) is 8.23. The highest BCUT2D eigenvalue weighted by atomic mass is 32.1. The molecule has 28 heavy (non-hydrogen) atoms. The molecule has 1 aromatic carbocycles. The van der Waals surface area contributed by atoms with Crippen LogP contribution in [0.25, 0.3) is 0 Å². The third-order valence-electron chi connectivity index (χ3n) is 6.30. The predicted molar refractivity (Wildman–Crippen MR) is 113 cm³/mol. The number of thiophene rings is 1. The zero-order valence-corrected chi connectivity index (χ0v) is 17.6. The van der Waals surface area contributed by atoms with E-state index in [1.54, 1.807) is 11.3 Å². The molecule has 1 saturated carbocycles. The summed E-state index contributed by atoms with van der Waals surface area (Å²) in [6, 6.07) is 8.04. The van der Waals surface area contributed by atoms with E-state index in [1.807, 2.05) is 18.2 Å². The van der Waals surface area contributed by atoms with Crippen molar-refractivity contribution >= 4 is 17.1 Å². The summed E-state index contributed by atoms with van der Waals surface area (Å²) in [5.41, 5.74) is 3.24. The maximum Gasteiger partial charge on any atom is 0.168 e. The van der Waals surface area contributed by atoms with Crippen LogP contribution in [0.1, 0.15) is 50.5 Å². The van der Waals surface area contributed by atoms with Gasteiger partial charge in [0.25, 0.3) is 0 Å². The fraction of sp³-hybridized carbons (Fsp3) is 0.522. The number of aryl methyl sites for hydroxylation is 3. The molecule has 0 saturated heterocycles. The Hall–Kier alpha value is -1.69. The fourth-order valence-corrected chi connectivity index (χ4v) is 5.47. The minimum Gasteiger partial charge on any atom is -0.487 e. The van der Waals surface area contributed by atoms with Gasteiger partial charge < -0.3 is 15.2 Å². The number of aliphatic hydroxyl groups is 1. The summed E-state index contributed by atoms with van der Waals surface area (Å²) in [6.45, 7) is 6.82. The first-order valence-electron chi connectivity index (χ1n) is 10.2. The lowest BCUT2D eigenvalue weighted by Crippen LogP contribution is -2.44. The summed E-state index contributed by atoms with van der Waals surface area (Å²) in [5.74, 6) is 1.12. The first-order valence-corrected chi connectivity index (χ1v) is 11.0. The second kappa shape index (κ2) is 7.97. The van der Waals surface area contributed by atoms with E-state index in [2.05, 4.69) is 32.2 Å². The molecule has 0 bridgehead atoms. The van der Waals surface area contributed by atoms with Crippen molar-refractivity contribution in [1.82, 2.24) is 5.32 Å². The number of ketones is 1. The predicted octanol–water partition coefficient (Wildman–Crippen LogP) is 3.98. The monoisotopic (exact) mass is 399 g/mol. The van der Waals surface area contributed by atoms with Gasteiger partial charge in [0, 0.05) is 33.8 Å². The molecule has 2 aliphatic carbocycles. The van der Waals surface area contributed by atoms with Crippen LogP contribution in [0.5, 0.6) is 5.75 Å². The van der Waals surface area contributed by atoms with Crippen LogP contribution in [-0.2, 0) is 6.42 Å². The first kappa shape index (κ1) is 19.6. The molecular weight excluding hydrogens is 370 g/mol. The van der Waals surface area contributed by atoms with Crippen LogP contribution in [0.2, 0.25) is 0 Å². The molecular formula is C23H29NO3S. The maximum absolute atomic E-state index is 12.8. The van der Waals surface area contributed by atoms with Gasteiger partial charge >= 0.3 is 0 Å². The lowest BCUT2D eigenvalue weighted by atomic mass is 9.87. The molecule has 1 fully saturated rings. The summed E-state index contributed by atoms with van der Waals surface area (Å²) in [7, 11) is 0. The Kier molecular flexibility index (Phi) is 5.59. The fourth-order valence-electron chi connectivity index (χ4n) is 4.41. The number of carbonyl (C=O) groups is 1. The molecule has 4 rings (SSSR count). The number of nitrogens with one attached hydrogen (secondary N) is 1. The lowest BCUT2D eigenvalue weighted by Gasteiger charge is -2.26. The highest BCUT2D eigenvalue weighted by molar-refractivity contribution is 7.12. The summed E-state index contributed by atoms with van der Waals surface area (Å²) in [5, 5.41) is 14.2. The van der Waals surface area contributed by atoms with Crippen LogP contribution in [-0.4, -0.2) is 35.7 Å². The van der Waals surface area contributed by atoms with Gasteiger partial charge in [-0.25, -0.2) is 0 Å². The van der Waals surface area contributed by atoms with Crippen molar-refractivity contribution in [3.63, 3.8) is 0 Å². The molecule has 0 aliphatic heterocycles. The van der Waals surface area contributed by atoms with Gasteiger partial charge in [-0.15, -0.1) is 11.3 Å². The minimum atomic E-state index is -0.558. The van der Waals surface area contributed by atoms with Crippen molar-refractivity contribution in [1.29, 1.82) is 0 Å². The molecule has 4 unspecified atom stereocenters. The quantitative estimate of drug-likeness (QED) is 0.798. The third kappa shape index (κ3) is 3.76. The molecule has 2 N–H and O–H groups in total. The average molecular weight is 400 g/mol. The van der Waals surface area contributed by atoms with Crippen molar-refractivity contribution in [2.75, 3.05) is 6.54 Å². The van der Waals surface area contributed by atoms with Gasteiger partial charge in [-0.2, -0.15) is 0 Å². The Morgan fingerprint density at radius 2 is 2.04 bits per heavy atom. The molecule has 1 heterocycles. The standard InChI is InChI=1S/C23H29NO3S/c1-13-5-4-6-19(15(13)3)27-20-9-8-18(23(20)26)24-12-16-7-10-21-17(22(16)25)11-14(2)28-21/h4-6,11,16,18,20,23-24,26H,7-10,12H2,1-3H3. The molecule has 150 valence electrons. The third-order valence-corrected chi connectivity index (χ3v) is 7.41. The smallest absolute Gasteiger partial charge is 0.168 e. The highest BCUT2D eigenvalue weighted by Crippen LogP contribution is 2.33. The summed E-state index contributed by atoms with van der Waals surface area (Å²) >= 11 is 1.75. The van der Waals surface area contributed by atoms with Crippen molar-refractivity contribution in [3.8, 4) is 5.75 Å². The molecule has 4 nitrogen and oxygen atoms in total. The van der Waals surface area contributed by atoms with Crippen LogP contribution in [0.4, 0.5) is 0 Å². The zero-order valence-electron chi connectivity index (χ0n) is 16.8. The Labute approximate surface area is 170 Å². The molecule has 2 aliphatic rings. The van der Waals surface area contributed by atoms with Crippen LogP contribution in [0, 0.1) is 26.7 Å². The number of hydrogen-bond donors (Lipinski definition) is 2. The van der Waals surface area contributed by atoms with E-state index in [0.717, 1.165) is 42.6 Å². The first-order chi connectivity index (χ1) is 13.4. The number of hydrogen-bond acceptors (Lipinski definition) is 5. The van der Waals surface area contributed by atoms with E-state index in [4.69, 9.17) is 4.74 Å². The number of ether oxygens (including phenoxy) is 1. The van der Waals surface area contributed by atoms with Crippen LogP contribution < -0.4 is 10.1 Å². The number of rotatable bonds is 5. The van der Waals surface area contributed by atoms with E-state index < -0.39 is 6.10 Å². The summed E-state index contributed by atoms with van der Waals surface area (Å²) < 4.78 is 6.14. The van der Waals surface area contributed by atoms with E-state index in [-0.39, 0.29) is 23.8 Å². The average Bonchev–Trinajstić information content (AvgIpc) is 3.22. The number of Topliss-reactive ketones (excluding diaryl/α,β-unsaturated/α-hetero) is 1. The molecule has 4 atom stereocenters. The van der Waals surface area contributed by atoms with Crippen LogP contribution in [0.3, 0.4) is 0 Å². The van der Waals surface area contributed by atoms with Gasteiger partial charge in [0.05, 0.1) is 0 Å². The molecule has 2 aromatic rings. The summed E-state index contributed by atoms with van der Waals surface area (Å²) in [4.78, 5) is 15.2. The van der Waals surface area contributed by atoms with Crippen molar-refractivity contribution in [2.45, 2.75) is 64.7 Å². The normalized spacial score (nSPS) is 27.1. The van der Waals surface area contributed by atoms with Gasteiger partial charge in [-0.05, 0) is 69.7 Å². The highest BCUT2D eigenvalue weighted by Gasteiger charge is 2.37. The Balaban J connectivity index is 1.34. The molecule has 5 heteroatoms. The number of aliphatic hydroxyl groups excluding tert-OH is 1. The Morgan fingerprint density at radius 3 is 2.86 bits per heavy atom. The van der Waals surface area contributed by atoms with E-state index in [9.17, 15) is 9.90 Å². The molecule has 0 amide bonds. The van der Waals surface area contributed by atoms with Crippen LogP contribution in [0.15, 0.2) is 24.3 Å². The minimum absolute atomic E-state index is 0.00712. The van der Waals surface area contributed by atoms with E-state index >= 15 is 0 Å². The van der Waals surface area contributed by atoms with Gasteiger partial charge in [0.15, 0.2) is 5.78 Å². The van der Waals surface area contributed by atoms with E-state index in [0.29, 0.717) is 6.54 Å². The van der Waals surface area contributed by atoms with E-state index in [1.165, 1.54) is 15.3 Å².